The molecule has 0 saturated carbocycles. The van der Waals surface area contributed by atoms with Gasteiger partial charge in [-0.05, 0) is 19.3 Å². The van der Waals surface area contributed by atoms with Crippen LogP contribution in [0, 0.1) is 0 Å². The molecule has 3 atom stereocenters. The van der Waals surface area contributed by atoms with Gasteiger partial charge in [0, 0.05) is 6.42 Å². The van der Waals surface area contributed by atoms with Crippen LogP contribution in [0.2, 0.25) is 0 Å². The van der Waals surface area contributed by atoms with Crippen LogP contribution in [0.5, 0.6) is 0 Å². The first-order valence-electron chi connectivity index (χ1n) is 18.6. The van der Waals surface area contributed by atoms with Gasteiger partial charge in [-0.15, -0.1) is 0 Å². The molecule has 1 amide bonds. The fourth-order valence-electron chi connectivity index (χ4n) is 5.22. The highest BCUT2D eigenvalue weighted by Gasteiger charge is 2.27. The van der Waals surface area contributed by atoms with E-state index < -0.39 is 20.0 Å². The van der Waals surface area contributed by atoms with Gasteiger partial charge in [0.15, 0.2) is 0 Å². The highest BCUT2D eigenvalue weighted by atomic mass is 31.2. The summed E-state index contributed by atoms with van der Waals surface area (Å²) < 4.78 is 23.4. The fourth-order valence-corrected chi connectivity index (χ4v) is 5.95. The molecular weight excluding hydrogens is 587 g/mol. The summed E-state index contributed by atoms with van der Waals surface area (Å²) in [6.07, 6.45) is 29.9. The second-order valence-electron chi connectivity index (χ2n) is 14.0. The van der Waals surface area contributed by atoms with Gasteiger partial charge in [0.05, 0.1) is 39.9 Å². The van der Waals surface area contributed by atoms with Crippen LogP contribution in [0.3, 0.4) is 0 Å². The standard InChI is InChI=1S/C36H73N2O6P/c1-6-8-10-12-14-16-17-18-19-20-21-22-24-26-28-30-36(40)37-34(33-44-45(41,42)43-32-31-38(3,4)5)35(39)29-27-25-23-15-13-11-9-7-2/h27,29,34-35,39H,6-26,28,30-33H2,1-5H3,(H-,37,40,41,42)/p+1/b29-27+. The van der Waals surface area contributed by atoms with Crippen molar-refractivity contribution in [3.8, 4) is 0 Å². The fraction of sp³-hybridized carbons (Fsp3) is 0.917. The molecule has 0 bridgehead atoms. The zero-order valence-corrected chi connectivity index (χ0v) is 31.0. The number of amides is 1. The van der Waals surface area contributed by atoms with Crippen molar-refractivity contribution in [2.24, 2.45) is 0 Å². The number of carbonyl (C=O) groups excluding carboxylic acids is 1. The van der Waals surface area contributed by atoms with Crippen LogP contribution in [-0.2, 0) is 18.4 Å². The van der Waals surface area contributed by atoms with Gasteiger partial charge in [-0.1, -0.05) is 148 Å². The number of quaternary nitrogens is 1. The number of nitrogens with zero attached hydrogens (tertiary/aromatic N) is 1. The van der Waals surface area contributed by atoms with Gasteiger partial charge >= 0.3 is 7.82 Å². The number of phosphoric ester groups is 1. The molecule has 0 heterocycles. The lowest BCUT2D eigenvalue weighted by Gasteiger charge is -2.25. The quantitative estimate of drug-likeness (QED) is 0.0280. The summed E-state index contributed by atoms with van der Waals surface area (Å²) in [6, 6.07) is -0.836. The van der Waals surface area contributed by atoms with Gasteiger partial charge in [0.2, 0.25) is 5.91 Å². The zero-order valence-electron chi connectivity index (χ0n) is 30.1. The number of carbonyl (C=O) groups is 1. The van der Waals surface area contributed by atoms with Crippen LogP contribution in [0.1, 0.15) is 162 Å². The molecule has 9 heteroatoms. The number of aliphatic hydroxyl groups is 1. The molecule has 0 radical (unpaired) electrons. The van der Waals surface area contributed by atoms with Crippen LogP contribution in [0.25, 0.3) is 0 Å². The Morgan fingerprint density at radius 1 is 0.733 bits per heavy atom. The number of nitrogens with one attached hydrogen (secondary N) is 1. The first-order chi connectivity index (χ1) is 21.5. The van der Waals surface area contributed by atoms with Crippen molar-refractivity contribution >= 4 is 13.7 Å². The molecule has 0 aliphatic rings. The van der Waals surface area contributed by atoms with E-state index in [9.17, 15) is 19.4 Å². The normalized spacial score (nSPS) is 14.9. The Morgan fingerprint density at radius 2 is 1.18 bits per heavy atom. The van der Waals surface area contributed by atoms with E-state index in [1.807, 2.05) is 27.2 Å². The smallest absolute Gasteiger partial charge is 0.387 e. The number of phosphoric acid groups is 1. The number of hydrogen-bond donors (Lipinski definition) is 3. The van der Waals surface area contributed by atoms with Gasteiger partial charge in [0.25, 0.3) is 0 Å². The molecule has 0 aromatic rings. The van der Waals surface area contributed by atoms with Crippen molar-refractivity contribution in [1.29, 1.82) is 0 Å². The van der Waals surface area contributed by atoms with Crippen molar-refractivity contribution in [3.05, 3.63) is 12.2 Å². The molecule has 0 aromatic carbocycles. The average Bonchev–Trinajstić information content (AvgIpc) is 2.97. The number of aliphatic hydroxyl groups excluding tert-OH is 1. The average molecular weight is 662 g/mol. The molecule has 0 rings (SSSR count). The van der Waals surface area contributed by atoms with Gasteiger partial charge in [-0.25, -0.2) is 4.57 Å². The summed E-state index contributed by atoms with van der Waals surface area (Å²) in [5.74, 6) is -0.180. The Morgan fingerprint density at radius 3 is 1.64 bits per heavy atom. The number of allylic oxidation sites excluding steroid dienone is 1. The Labute approximate surface area is 278 Å². The maximum absolute atomic E-state index is 12.7. The monoisotopic (exact) mass is 662 g/mol. The van der Waals surface area contributed by atoms with Crippen molar-refractivity contribution in [2.45, 2.75) is 174 Å². The molecule has 0 saturated heterocycles. The topological polar surface area (TPSA) is 105 Å². The van der Waals surface area contributed by atoms with Gasteiger partial charge in [0.1, 0.15) is 13.2 Å². The van der Waals surface area contributed by atoms with Crippen LogP contribution in [-0.4, -0.2) is 73.4 Å². The SMILES string of the molecule is CCCCCCCC/C=C/C(O)C(COP(=O)(O)OCC[N+](C)(C)C)NC(=O)CCCCCCCCCCCCCCCCC. The first kappa shape index (κ1) is 44.2. The zero-order chi connectivity index (χ0) is 33.7. The number of unbranched alkanes of at least 4 members (excludes halogenated alkanes) is 20. The third kappa shape index (κ3) is 31.6. The van der Waals surface area contributed by atoms with Crippen LogP contribution in [0.4, 0.5) is 0 Å². The highest BCUT2D eigenvalue weighted by Crippen LogP contribution is 2.43. The summed E-state index contributed by atoms with van der Waals surface area (Å²) in [5.41, 5.74) is 0. The van der Waals surface area contributed by atoms with Crippen LogP contribution in [0.15, 0.2) is 12.2 Å². The van der Waals surface area contributed by atoms with Crippen molar-refractivity contribution in [3.63, 3.8) is 0 Å². The Balaban J connectivity index is 4.43. The predicted molar refractivity (Wildman–Crippen MR) is 189 cm³/mol. The van der Waals surface area contributed by atoms with E-state index in [2.05, 4.69) is 19.2 Å². The van der Waals surface area contributed by atoms with Crippen molar-refractivity contribution in [2.75, 3.05) is 40.9 Å². The summed E-state index contributed by atoms with van der Waals surface area (Å²) in [5, 5.41) is 13.7. The Hall–Kier alpha value is -0.760. The lowest BCUT2D eigenvalue weighted by atomic mass is 10.0. The van der Waals surface area contributed by atoms with Gasteiger partial charge in [-0.3, -0.25) is 13.8 Å². The molecule has 0 spiro atoms. The second kappa shape index (κ2) is 29.4. The summed E-state index contributed by atoms with van der Waals surface area (Å²) in [4.78, 5) is 22.9. The van der Waals surface area contributed by atoms with Gasteiger partial charge < -0.3 is 19.8 Å². The minimum Gasteiger partial charge on any atom is -0.387 e. The highest BCUT2D eigenvalue weighted by molar-refractivity contribution is 7.47. The van der Waals surface area contributed by atoms with E-state index in [0.717, 1.165) is 38.5 Å². The third-order valence-electron chi connectivity index (χ3n) is 8.26. The molecule has 3 unspecified atom stereocenters. The molecule has 268 valence electrons. The molecule has 0 aromatic heterocycles. The van der Waals surface area contributed by atoms with Crippen molar-refractivity contribution in [1.82, 2.24) is 5.32 Å². The molecular formula is C36H74N2O6P+. The maximum Gasteiger partial charge on any atom is 0.472 e. The van der Waals surface area contributed by atoms with E-state index in [1.165, 1.54) is 103 Å². The molecule has 0 fully saturated rings. The van der Waals surface area contributed by atoms with Crippen LogP contribution >= 0.6 is 7.82 Å². The largest absolute Gasteiger partial charge is 0.472 e. The second-order valence-corrected chi connectivity index (χ2v) is 15.4. The number of likely N-dealkylation sites (N-methyl/N-ethyl adjacent to an activating group) is 1. The maximum atomic E-state index is 12.7. The van der Waals surface area contributed by atoms with E-state index >= 15 is 0 Å². The van der Waals surface area contributed by atoms with E-state index in [1.54, 1.807) is 6.08 Å². The summed E-state index contributed by atoms with van der Waals surface area (Å²) in [7, 11) is 1.57. The van der Waals surface area contributed by atoms with Gasteiger partial charge in [-0.2, -0.15) is 0 Å². The Kier molecular flexibility index (Phi) is 28.9. The first-order valence-corrected chi connectivity index (χ1v) is 20.1. The van der Waals surface area contributed by atoms with Crippen molar-refractivity contribution < 1.29 is 32.9 Å². The lowest BCUT2D eigenvalue weighted by molar-refractivity contribution is -0.870. The minimum absolute atomic E-state index is 0.0637. The third-order valence-corrected chi connectivity index (χ3v) is 9.24. The molecule has 3 N–H and O–H groups in total. The molecule has 0 aliphatic carbocycles. The Bertz CT molecular complexity index is 758. The van der Waals surface area contributed by atoms with E-state index in [4.69, 9.17) is 9.05 Å². The van der Waals surface area contributed by atoms with Crippen LogP contribution < -0.4 is 5.32 Å². The molecule has 0 aliphatic heterocycles. The number of rotatable bonds is 33. The molecule has 45 heavy (non-hydrogen) atoms. The molecule has 8 nitrogen and oxygen atoms in total. The summed E-state index contributed by atoms with van der Waals surface area (Å²) in [6.45, 7) is 4.76. The summed E-state index contributed by atoms with van der Waals surface area (Å²) >= 11 is 0. The van der Waals surface area contributed by atoms with E-state index in [-0.39, 0.29) is 19.1 Å². The predicted octanol–water partition coefficient (Wildman–Crippen LogP) is 9.24. The minimum atomic E-state index is -4.32. The van der Waals surface area contributed by atoms with E-state index in [0.29, 0.717) is 17.4 Å². The lowest BCUT2D eigenvalue weighted by Crippen LogP contribution is -2.45. The number of hydrogen-bond acceptors (Lipinski definition) is 5.